The average Bonchev–Trinajstić information content (AvgIpc) is 2.68. The summed E-state index contributed by atoms with van der Waals surface area (Å²) >= 11 is 0. The lowest BCUT2D eigenvalue weighted by Crippen LogP contribution is -2.33. The molecule has 0 aliphatic carbocycles. The third kappa shape index (κ3) is 4.97. The van der Waals surface area contributed by atoms with E-state index in [1.165, 1.54) is 24.3 Å². The van der Waals surface area contributed by atoms with Crippen molar-refractivity contribution in [1.29, 1.82) is 0 Å². The lowest BCUT2D eigenvalue weighted by molar-refractivity contribution is -0.384. The summed E-state index contributed by atoms with van der Waals surface area (Å²) in [5.41, 5.74) is 1.77. The first kappa shape index (κ1) is 18.7. The van der Waals surface area contributed by atoms with Crippen molar-refractivity contribution in [3.05, 3.63) is 58.6 Å². The van der Waals surface area contributed by atoms with E-state index in [2.05, 4.69) is 17.1 Å². The van der Waals surface area contributed by atoms with Crippen LogP contribution < -0.4 is 15.0 Å². The monoisotopic (exact) mass is 369 g/mol. The summed E-state index contributed by atoms with van der Waals surface area (Å²) in [6.07, 6.45) is 2.29. The van der Waals surface area contributed by atoms with Crippen LogP contribution in [0.15, 0.2) is 48.5 Å². The van der Waals surface area contributed by atoms with Gasteiger partial charge in [-0.15, -0.1) is 0 Å². The molecule has 7 nitrogen and oxygen atoms in total. The fourth-order valence-corrected chi connectivity index (χ4v) is 3.10. The molecular formula is C20H23N3O4. The van der Waals surface area contributed by atoms with Gasteiger partial charge in [0.2, 0.25) is 0 Å². The highest BCUT2D eigenvalue weighted by Gasteiger charge is 2.19. The van der Waals surface area contributed by atoms with Crippen molar-refractivity contribution < 1.29 is 14.5 Å². The zero-order chi connectivity index (χ0) is 19.2. The van der Waals surface area contributed by atoms with Crippen LogP contribution in [0.5, 0.6) is 5.75 Å². The van der Waals surface area contributed by atoms with Crippen molar-refractivity contribution in [3.63, 3.8) is 0 Å². The van der Waals surface area contributed by atoms with Gasteiger partial charge in [-0.25, -0.2) is 0 Å². The smallest absolute Gasteiger partial charge is 0.269 e. The topological polar surface area (TPSA) is 84.7 Å². The quantitative estimate of drug-likeness (QED) is 0.617. The van der Waals surface area contributed by atoms with Gasteiger partial charge in [0.1, 0.15) is 5.75 Å². The third-order valence-corrected chi connectivity index (χ3v) is 4.72. The lowest BCUT2D eigenvalue weighted by Gasteiger charge is -2.33. The summed E-state index contributed by atoms with van der Waals surface area (Å²) in [5.74, 6) is 0.873. The van der Waals surface area contributed by atoms with Gasteiger partial charge in [0, 0.05) is 25.2 Å². The number of hydrogen-bond donors (Lipinski definition) is 1. The average molecular weight is 369 g/mol. The van der Waals surface area contributed by atoms with Gasteiger partial charge in [-0.2, -0.15) is 0 Å². The number of non-ortho nitro benzene ring substituents is 1. The Hall–Kier alpha value is -3.09. The highest BCUT2D eigenvalue weighted by atomic mass is 16.6. The second-order valence-electron chi connectivity index (χ2n) is 6.77. The molecule has 0 unspecified atom stereocenters. The van der Waals surface area contributed by atoms with Gasteiger partial charge in [-0.3, -0.25) is 14.9 Å². The molecule has 0 spiro atoms. The summed E-state index contributed by atoms with van der Waals surface area (Å²) in [6, 6.07) is 13.4. The molecule has 2 aromatic rings. The molecule has 1 N–H and O–H groups in total. The molecule has 3 rings (SSSR count). The zero-order valence-electron chi connectivity index (χ0n) is 15.3. The highest BCUT2D eigenvalue weighted by molar-refractivity contribution is 5.95. The number of nitrogens with one attached hydrogen (secondary N) is 1. The molecule has 0 atom stereocenters. The molecule has 1 heterocycles. The van der Waals surface area contributed by atoms with E-state index in [-0.39, 0.29) is 18.2 Å². The Balaban J connectivity index is 1.58. The van der Waals surface area contributed by atoms with E-state index >= 15 is 0 Å². The molecule has 1 aliphatic heterocycles. The Morgan fingerprint density at radius 2 is 1.85 bits per heavy atom. The SMILES string of the molecule is CC1CCN(c2ccccc2NC(=O)COc2ccc([N+](=O)[O-])cc2)CC1. The molecule has 1 saturated heterocycles. The first-order chi connectivity index (χ1) is 13.0. The number of piperidine rings is 1. The molecule has 7 heteroatoms. The number of benzene rings is 2. The van der Waals surface area contributed by atoms with Gasteiger partial charge in [-0.1, -0.05) is 19.1 Å². The Morgan fingerprint density at radius 1 is 1.19 bits per heavy atom. The maximum absolute atomic E-state index is 12.3. The minimum Gasteiger partial charge on any atom is -0.484 e. The first-order valence-electron chi connectivity index (χ1n) is 9.04. The predicted molar refractivity (Wildman–Crippen MR) is 104 cm³/mol. The second-order valence-corrected chi connectivity index (χ2v) is 6.77. The van der Waals surface area contributed by atoms with Crippen molar-refractivity contribution >= 4 is 23.0 Å². The molecule has 0 radical (unpaired) electrons. The van der Waals surface area contributed by atoms with E-state index in [0.29, 0.717) is 5.75 Å². The number of carbonyl (C=O) groups is 1. The lowest BCUT2D eigenvalue weighted by atomic mass is 9.98. The molecular weight excluding hydrogens is 346 g/mol. The Labute approximate surface area is 158 Å². The number of carbonyl (C=O) groups excluding carboxylic acids is 1. The van der Waals surface area contributed by atoms with Crippen LogP contribution in [-0.2, 0) is 4.79 Å². The molecule has 1 fully saturated rings. The number of nitro groups is 1. The van der Waals surface area contributed by atoms with Gasteiger partial charge in [0.05, 0.1) is 16.3 Å². The summed E-state index contributed by atoms with van der Waals surface area (Å²) in [4.78, 5) is 24.8. The van der Waals surface area contributed by atoms with Gasteiger partial charge >= 0.3 is 0 Å². The maximum atomic E-state index is 12.3. The van der Waals surface area contributed by atoms with Crippen LogP contribution in [0.1, 0.15) is 19.8 Å². The number of rotatable bonds is 6. The number of para-hydroxylation sites is 2. The van der Waals surface area contributed by atoms with Crippen molar-refractivity contribution in [1.82, 2.24) is 0 Å². The molecule has 1 aliphatic rings. The Kier molecular flexibility index (Phi) is 5.90. The van der Waals surface area contributed by atoms with E-state index in [1.807, 2.05) is 24.3 Å². The van der Waals surface area contributed by atoms with Crippen LogP contribution in [0.4, 0.5) is 17.1 Å². The molecule has 0 aromatic heterocycles. The number of nitro benzene ring substituents is 1. The van der Waals surface area contributed by atoms with Crippen molar-refractivity contribution in [2.45, 2.75) is 19.8 Å². The van der Waals surface area contributed by atoms with E-state index < -0.39 is 4.92 Å². The van der Waals surface area contributed by atoms with Gasteiger partial charge in [0.25, 0.3) is 11.6 Å². The van der Waals surface area contributed by atoms with Crippen LogP contribution >= 0.6 is 0 Å². The van der Waals surface area contributed by atoms with Crippen LogP contribution in [0.3, 0.4) is 0 Å². The zero-order valence-corrected chi connectivity index (χ0v) is 15.3. The van der Waals surface area contributed by atoms with Gasteiger partial charge in [-0.05, 0) is 43.0 Å². The number of nitrogens with zero attached hydrogens (tertiary/aromatic N) is 2. The Morgan fingerprint density at radius 3 is 2.52 bits per heavy atom. The number of hydrogen-bond acceptors (Lipinski definition) is 5. The van der Waals surface area contributed by atoms with Crippen LogP contribution in [0.2, 0.25) is 0 Å². The summed E-state index contributed by atoms with van der Waals surface area (Å²) in [5, 5.41) is 13.6. The van der Waals surface area contributed by atoms with Crippen LogP contribution in [-0.4, -0.2) is 30.5 Å². The summed E-state index contributed by atoms with van der Waals surface area (Å²) in [7, 11) is 0. The number of anilines is 2. The normalized spacial score (nSPS) is 14.6. The summed E-state index contributed by atoms with van der Waals surface area (Å²) < 4.78 is 5.43. The maximum Gasteiger partial charge on any atom is 0.269 e. The molecule has 0 bridgehead atoms. The van der Waals surface area contributed by atoms with Crippen molar-refractivity contribution in [2.24, 2.45) is 5.92 Å². The second kappa shape index (κ2) is 8.53. The molecule has 2 aromatic carbocycles. The Bertz CT molecular complexity index is 799. The van der Waals surface area contributed by atoms with Crippen molar-refractivity contribution in [3.8, 4) is 5.75 Å². The van der Waals surface area contributed by atoms with E-state index in [9.17, 15) is 14.9 Å². The van der Waals surface area contributed by atoms with Gasteiger partial charge in [0.15, 0.2) is 6.61 Å². The number of amides is 1. The van der Waals surface area contributed by atoms with E-state index in [4.69, 9.17) is 4.74 Å². The fourth-order valence-electron chi connectivity index (χ4n) is 3.10. The molecule has 1 amide bonds. The summed E-state index contributed by atoms with van der Waals surface area (Å²) in [6.45, 7) is 4.06. The van der Waals surface area contributed by atoms with Gasteiger partial charge < -0.3 is 15.0 Å². The highest BCUT2D eigenvalue weighted by Crippen LogP contribution is 2.29. The van der Waals surface area contributed by atoms with E-state index in [0.717, 1.165) is 43.2 Å². The first-order valence-corrected chi connectivity index (χ1v) is 9.04. The number of ether oxygens (including phenoxy) is 1. The predicted octanol–water partition coefficient (Wildman–Crippen LogP) is 3.85. The fraction of sp³-hybridized carbons (Fsp3) is 0.350. The standard InChI is InChI=1S/C20H23N3O4/c1-15-10-12-22(13-11-15)19-5-3-2-4-18(19)21-20(24)14-27-17-8-6-16(7-9-17)23(25)26/h2-9,15H,10-14H2,1H3,(H,21,24). The molecule has 27 heavy (non-hydrogen) atoms. The van der Waals surface area contributed by atoms with E-state index in [1.54, 1.807) is 0 Å². The minimum absolute atomic E-state index is 0.0171. The minimum atomic E-state index is -0.477. The largest absolute Gasteiger partial charge is 0.484 e. The third-order valence-electron chi connectivity index (χ3n) is 4.72. The molecule has 142 valence electrons. The van der Waals surface area contributed by atoms with Crippen LogP contribution in [0, 0.1) is 16.0 Å². The molecule has 0 saturated carbocycles. The van der Waals surface area contributed by atoms with Crippen LogP contribution in [0.25, 0.3) is 0 Å². The van der Waals surface area contributed by atoms with Crippen molar-refractivity contribution in [2.75, 3.05) is 29.9 Å².